The molecule has 1 aliphatic heterocycles. The van der Waals surface area contributed by atoms with Crippen LogP contribution in [0, 0.1) is 22.7 Å². The summed E-state index contributed by atoms with van der Waals surface area (Å²) in [5, 5.41) is 11.9. The quantitative estimate of drug-likeness (QED) is 0.154. The Morgan fingerprint density at radius 3 is 1.96 bits per heavy atom. The number of hydrogen-bond acceptors (Lipinski definition) is 7. The predicted molar refractivity (Wildman–Crippen MR) is 212 cm³/mol. The molecule has 4 N–H and O–H groups in total. The Labute approximate surface area is 330 Å². The molecule has 4 aliphatic carbocycles. The van der Waals surface area contributed by atoms with Gasteiger partial charge in [-0.2, -0.15) is 4.31 Å². The normalized spacial score (nSPS) is 26.5. The highest BCUT2D eigenvalue weighted by Gasteiger charge is 2.70. The average Bonchev–Trinajstić information content (AvgIpc) is 3.95. The van der Waals surface area contributed by atoms with Crippen LogP contribution < -0.4 is 21.3 Å². The first-order valence-corrected chi connectivity index (χ1v) is 22.9. The van der Waals surface area contributed by atoms with Crippen LogP contribution in [0.2, 0.25) is 0 Å². The number of sulfonamides is 1. The van der Waals surface area contributed by atoms with E-state index in [1.807, 2.05) is 41.5 Å². The smallest absolute Gasteiger partial charge is 0.315 e. The molecule has 0 bridgehead atoms. The predicted octanol–water partition coefficient (Wildman–Crippen LogP) is 4.78. The topological polar surface area (TPSA) is 174 Å². The molecular formula is C41H70N6O7S. The molecule has 5 amide bonds. The van der Waals surface area contributed by atoms with Gasteiger partial charge in [-0.3, -0.25) is 19.2 Å². The molecule has 0 aromatic heterocycles. The lowest BCUT2D eigenvalue weighted by Gasteiger charge is -2.44. The number of fused-ring (bicyclic) bond motifs is 1. The maximum Gasteiger partial charge on any atom is 0.315 e. The van der Waals surface area contributed by atoms with Gasteiger partial charge < -0.3 is 26.2 Å². The third-order valence-electron chi connectivity index (χ3n) is 13.6. The number of piperidine rings is 1. The Morgan fingerprint density at radius 1 is 0.836 bits per heavy atom. The van der Waals surface area contributed by atoms with Gasteiger partial charge in [0, 0.05) is 24.7 Å². The molecule has 55 heavy (non-hydrogen) atoms. The van der Waals surface area contributed by atoms with Crippen LogP contribution in [0.25, 0.3) is 0 Å². The minimum Gasteiger partial charge on any atom is -0.347 e. The molecular weight excluding hydrogens is 721 g/mol. The number of unbranched alkanes of at least 4 members (excludes halogenated alkanes) is 1. The van der Waals surface area contributed by atoms with Crippen molar-refractivity contribution in [3.05, 3.63) is 0 Å². The summed E-state index contributed by atoms with van der Waals surface area (Å²) in [6.07, 6.45) is 11.2. The standard InChI is InChI=1S/C41H70N6O7S/c1-9-10-17-30(33(48)36(50)42-28-18-19-28)43-35(49)32-31-29(39(31,6)7)24-46(32)37(51)34(40(8)20-13-11-14-21-40)44-38(52)45-41(22-15-12-16-23-41)25-55(53,54)47(26(2)3)27(4)5/h26-32,34H,9-25H2,1-8H3,(H,42,50)(H,43,49)(H2,44,45,52)/t29-,30-,31-,32-,34+/m0/s1. The molecule has 4 saturated carbocycles. The van der Waals surface area contributed by atoms with E-state index >= 15 is 4.79 Å². The Bertz CT molecular complexity index is 1540. The molecule has 0 spiro atoms. The van der Waals surface area contributed by atoms with Crippen molar-refractivity contribution < 1.29 is 32.4 Å². The van der Waals surface area contributed by atoms with E-state index in [9.17, 15) is 27.6 Å². The van der Waals surface area contributed by atoms with Crippen LogP contribution in [-0.2, 0) is 29.2 Å². The van der Waals surface area contributed by atoms with Gasteiger partial charge in [-0.05, 0) is 95.3 Å². The van der Waals surface area contributed by atoms with Crippen LogP contribution >= 0.6 is 0 Å². The zero-order chi connectivity index (χ0) is 40.5. The van der Waals surface area contributed by atoms with Crippen LogP contribution in [0.3, 0.4) is 0 Å². The van der Waals surface area contributed by atoms with Gasteiger partial charge >= 0.3 is 6.03 Å². The number of rotatable bonds is 17. The number of carbonyl (C=O) groups excluding carboxylic acids is 5. The number of amides is 5. The second-order valence-electron chi connectivity index (χ2n) is 19.1. The fraction of sp³-hybridized carbons (Fsp3) is 0.878. The number of carbonyl (C=O) groups is 5. The van der Waals surface area contributed by atoms with E-state index in [0.29, 0.717) is 45.1 Å². The van der Waals surface area contributed by atoms with Crippen LogP contribution in [-0.4, -0.2) is 101 Å². The number of nitrogens with zero attached hydrogens (tertiary/aromatic N) is 2. The van der Waals surface area contributed by atoms with Crippen LogP contribution in [0.4, 0.5) is 4.79 Å². The number of likely N-dealkylation sites (tertiary alicyclic amines) is 1. The molecule has 0 unspecified atom stereocenters. The summed E-state index contributed by atoms with van der Waals surface area (Å²) in [6.45, 7) is 16.0. The highest BCUT2D eigenvalue weighted by Crippen LogP contribution is 2.65. The molecule has 0 radical (unpaired) electrons. The molecule has 1 heterocycles. The highest BCUT2D eigenvalue weighted by molar-refractivity contribution is 7.89. The van der Waals surface area contributed by atoms with Crippen molar-refractivity contribution in [2.45, 2.75) is 193 Å². The fourth-order valence-corrected chi connectivity index (χ4v) is 12.8. The van der Waals surface area contributed by atoms with E-state index < -0.39 is 62.7 Å². The van der Waals surface area contributed by atoms with E-state index in [-0.39, 0.29) is 47.0 Å². The van der Waals surface area contributed by atoms with Crippen LogP contribution in [0.1, 0.15) is 152 Å². The van der Waals surface area contributed by atoms with E-state index in [0.717, 1.165) is 57.8 Å². The summed E-state index contributed by atoms with van der Waals surface area (Å²) < 4.78 is 29.4. The molecule has 312 valence electrons. The number of nitrogens with one attached hydrogen (secondary N) is 4. The summed E-state index contributed by atoms with van der Waals surface area (Å²) >= 11 is 0. The van der Waals surface area contributed by atoms with E-state index in [2.05, 4.69) is 35.1 Å². The Morgan fingerprint density at radius 2 is 1.42 bits per heavy atom. The zero-order valence-corrected chi connectivity index (χ0v) is 35.6. The first-order valence-electron chi connectivity index (χ1n) is 21.3. The van der Waals surface area contributed by atoms with Gasteiger partial charge in [-0.1, -0.05) is 79.1 Å². The van der Waals surface area contributed by atoms with Crippen molar-refractivity contribution in [3.63, 3.8) is 0 Å². The number of Topliss-reactive ketones (excluding diaryl/α,β-unsaturated/α-hetero) is 1. The zero-order valence-electron chi connectivity index (χ0n) is 34.8. The van der Waals surface area contributed by atoms with Crippen molar-refractivity contribution in [2.24, 2.45) is 22.7 Å². The van der Waals surface area contributed by atoms with E-state index in [1.54, 1.807) is 4.90 Å². The monoisotopic (exact) mass is 791 g/mol. The summed E-state index contributed by atoms with van der Waals surface area (Å²) in [6, 6.07) is -3.85. The second-order valence-corrected chi connectivity index (χ2v) is 20.9. The number of hydrogen-bond donors (Lipinski definition) is 4. The minimum atomic E-state index is -3.75. The van der Waals surface area contributed by atoms with E-state index in [4.69, 9.17) is 0 Å². The molecule has 5 rings (SSSR count). The van der Waals surface area contributed by atoms with Gasteiger partial charge in [0.2, 0.25) is 27.6 Å². The molecule has 0 aromatic rings. The van der Waals surface area contributed by atoms with Gasteiger partial charge in [0.25, 0.3) is 5.91 Å². The molecule has 0 aromatic carbocycles. The van der Waals surface area contributed by atoms with Gasteiger partial charge in [0.05, 0.1) is 17.3 Å². The lowest BCUT2D eigenvalue weighted by atomic mass is 9.70. The molecule has 1 saturated heterocycles. The van der Waals surface area contributed by atoms with Gasteiger partial charge in [0.1, 0.15) is 12.1 Å². The highest BCUT2D eigenvalue weighted by atomic mass is 32.2. The van der Waals surface area contributed by atoms with Crippen molar-refractivity contribution in [2.75, 3.05) is 12.3 Å². The van der Waals surface area contributed by atoms with Crippen molar-refractivity contribution in [1.29, 1.82) is 0 Å². The van der Waals surface area contributed by atoms with Crippen LogP contribution in [0.5, 0.6) is 0 Å². The number of urea groups is 1. The molecule has 5 aliphatic rings. The third kappa shape index (κ3) is 9.70. The maximum atomic E-state index is 15.0. The third-order valence-corrected chi connectivity index (χ3v) is 16.0. The van der Waals surface area contributed by atoms with Gasteiger partial charge in [0.15, 0.2) is 0 Å². The summed E-state index contributed by atoms with van der Waals surface area (Å²) in [5.74, 6) is -2.39. The second kappa shape index (κ2) is 17.0. The maximum absolute atomic E-state index is 15.0. The molecule has 14 heteroatoms. The summed E-state index contributed by atoms with van der Waals surface area (Å²) in [7, 11) is -3.75. The Balaban J connectivity index is 1.40. The Hall–Kier alpha value is -2.74. The molecule has 5 fully saturated rings. The van der Waals surface area contributed by atoms with Crippen molar-refractivity contribution in [3.8, 4) is 0 Å². The fourth-order valence-electron chi connectivity index (χ4n) is 10.3. The molecule has 5 atom stereocenters. The average molecular weight is 791 g/mol. The van der Waals surface area contributed by atoms with Crippen molar-refractivity contribution >= 4 is 39.6 Å². The summed E-state index contributed by atoms with van der Waals surface area (Å²) in [5.41, 5.74) is -1.77. The first kappa shape index (κ1) is 43.4. The largest absolute Gasteiger partial charge is 0.347 e. The summed E-state index contributed by atoms with van der Waals surface area (Å²) in [4.78, 5) is 71.4. The molecule has 13 nitrogen and oxygen atoms in total. The lowest BCUT2D eigenvalue weighted by molar-refractivity contribution is -0.146. The Kier molecular flexibility index (Phi) is 13.4. The van der Waals surface area contributed by atoms with Crippen molar-refractivity contribution in [1.82, 2.24) is 30.5 Å². The van der Waals surface area contributed by atoms with Crippen LogP contribution in [0.15, 0.2) is 0 Å². The van der Waals surface area contributed by atoms with Gasteiger partial charge in [-0.15, -0.1) is 0 Å². The van der Waals surface area contributed by atoms with E-state index in [1.165, 1.54) is 4.31 Å². The van der Waals surface area contributed by atoms with Gasteiger partial charge in [-0.25, -0.2) is 13.2 Å². The number of ketones is 1. The minimum absolute atomic E-state index is 0.00453. The first-order chi connectivity index (χ1) is 25.8. The lowest BCUT2D eigenvalue weighted by Crippen LogP contribution is -2.65. The SMILES string of the molecule is CCCC[C@H](NC(=O)[C@@H]1[C@@H]2[C@H](CN1C(=O)[C@@H](NC(=O)NC1(CS(=O)(=O)N(C(C)C)C(C)C)CCCCC1)C1(C)CCCCC1)C2(C)C)C(=O)C(=O)NC1CC1.